The Balaban J connectivity index is 2.21. The van der Waals surface area contributed by atoms with Gasteiger partial charge >= 0.3 is 0 Å². The fraction of sp³-hybridized carbons (Fsp3) is 0.214. The molecule has 0 aliphatic rings. The Bertz CT molecular complexity index is 495. The highest BCUT2D eigenvalue weighted by Gasteiger charge is 2.06. The lowest BCUT2D eigenvalue weighted by Crippen LogP contribution is -1.99. The van der Waals surface area contributed by atoms with E-state index < -0.39 is 6.10 Å². The Labute approximate surface area is 101 Å². The summed E-state index contributed by atoms with van der Waals surface area (Å²) in [4.78, 5) is 4.28. The number of aromatic nitrogens is 1. The molecule has 0 saturated carbocycles. The van der Waals surface area contributed by atoms with Gasteiger partial charge in [-0.1, -0.05) is 18.2 Å². The zero-order valence-electron chi connectivity index (χ0n) is 10.0. The normalized spacial score (nSPS) is 12.2. The number of rotatable bonds is 3. The summed E-state index contributed by atoms with van der Waals surface area (Å²) in [6.07, 6.45) is 1.24. The first kappa shape index (κ1) is 11.6. The maximum Gasteiger partial charge on any atom is 0.130 e. The van der Waals surface area contributed by atoms with E-state index in [1.165, 1.54) is 0 Å². The first-order valence-electron chi connectivity index (χ1n) is 5.63. The molecule has 2 N–H and O–H groups in total. The molecule has 0 saturated heterocycles. The molecule has 2 aromatic rings. The van der Waals surface area contributed by atoms with Crippen molar-refractivity contribution in [3.63, 3.8) is 0 Å². The number of anilines is 2. The minimum absolute atomic E-state index is 0.478. The molecule has 0 unspecified atom stereocenters. The molecular weight excluding hydrogens is 212 g/mol. The van der Waals surface area contributed by atoms with E-state index in [1.54, 1.807) is 13.1 Å². The minimum atomic E-state index is -0.478. The third kappa shape index (κ3) is 2.82. The van der Waals surface area contributed by atoms with E-state index in [4.69, 9.17) is 0 Å². The van der Waals surface area contributed by atoms with Gasteiger partial charge in [0, 0.05) is 17.4 Å². The van der Waals surface area contributed by atoms with Crippen molar-refractivity contribution in [3.8, 4) is 0 Å². The molecular formula is C14H16N2O. The van der Waals surface area contributed by atoms with Crippen LogP contribution in [0.4, 0.5) is 11.5 Å². The van der Waals surface area contributed by atoms with Gasteiger partial charge < -0.3 is 10.4 Å². The van der Waals surface area contributed by atoms with Crippen LogP contribution in [0.5, 0.6) is 0 Å². The smallest absolute Gasteiger partial charge is 0.130 e. The summed E-state index contributed by atoms with van der Waals surface area (Å²) < 4.78 is 0. The van der Waals surface area contributed by atoms with Crippen molar-refractivity contribution in [2.24, 2.45) is 0 Å². The highest BCUT2D eigenvalue weighted by atomic mass is 16.3. The predicted molar refractivity (Wildman–Crippen MR) is 69.3 cm³/mol. The fourth-order valence-corrected chi connectivity index (χ4v) is 1.74. The standard InChI is InChI=1S/C14H16N2O/c1-10-8-14(15-9-13(10)11(2)17)16-12-6-4-3-5-7-12/h3-9,11,17H,1-2H3,(H,15,16)/t11-/m0/s1. The number of para-hydroxylation sites is 1. The van der Waals surface area contributed by atoms with Crippen LogP contribution in [-0.2, 0) is 0 Å². The Morgan fingerprint density at radius 3 is 2.53 bits per heavy atom. The SMILES string of the molecule is Cc1cc(Nc2ccccc2)ncc1[C@H](C)O. The van der Waals surface area contributed by atoms with Gasteiger partial charge in [-0.3, -0.25) is 0 Å². The van der Waals surface area contributed by atoms with E-state index in [0.29, 0.717) is 0 Å². The van der Waals surface area contributed by atoms with Gasteiger partial charge in [0.15, 0.2) is 0 Å². The number of aliphatic hydroxyl groups excluding tert-OH is 1. The molecule has 88 valence electrons. The molecule has 0 aliphatic carbocycles. The molecule has 17 heavy (non-hydrogen) atoms. The number of nitrogens with one attached hydrogen (secondary N) is 1. The monoisotopic (exact) mass is 228 g/mol. The average Bonchev–Trinajstić information content (AvgIpc) is 2.30. The van der Waals surface area contributed by atoms with Crippen molar-refractivity contribution in [2.45, 2.75) is 20.0 Å². The summed E-state index contributed by atoms with van der Waals surface area (Å²) in [7, 11) is 0. The molecule has 0 bridgehead atoms. The van der Waals surface area contributed by atoms with Gasteiger partial charge in [-0.15, -0.1) is 0 Å². The second-order valence-corrected chi connectivity index (χ2v) is 4.09. The first-order valence-corrected chi connectivity index (χ1v) is 5.63. The van der Waals surface area contributed by atoms with Gasteiger partial charge in [-0.2, -0.15) is 0 Å². The number of benzene rings is 1. The summed E-state index contributed by atoms with van der Waals surface area (Å²) in [5.41, 5.74) is 2.90. The topological polar surface area (TPSA) is 45.2 Å². The summed E-state index contributed by atoms with van der Waals surface area (Å²) >= 11 is 0. The van der Waals surface area contributed by atoms with Crippen LogP contribution >= 0.6 is 0 Å². The lowest BCUT2D eigenvalue weighted by molar-refractivity contribution is 0.198. The van der Waals surface area contributed by atoms with Gasteiger partial charge in [0.25, 0.3) is 0 Å². The Kier molecular flexibility index (Phi) is 3.40. The molecule has 3 nitrogen and oxygen atoms in total. The third-order valence-electron chi connectivity index (χ3n) is 2.65. The van der Waals surface area contributed by atoms with Crippen LogP contribution < -0.4 is 5.32 Å². The van der Waals surface area contributed by atoms with E-state index in [0.717, 1.165) is 22.6 Å². The van der Waals surface area contributed by atoms with E-state index in [9.17, 15) is 5.11 Å². The third-order valence-corrected chi connectivity index (χ3v) is 2.65. The van der Waals surface area contributed by atoms with Crippen molar-refractivity contribution in [2.75, 3.05) is 5.32 Å². The summed E-state index contributed by atoms with van der Waals surface area (Å²) in [6.45, 7) is 3.72. The average molecular weight is 228 g/mol. The highest BCUT2D eigenvalue weighted by molar-refractivity contribution is 5.56. The number of nitrogens with zero attached hydrogens (tertiary/aromatic N) is 1. The van der Waals surface area contributed by atoms with Gasteiger partial charge in [0.05, 0.1) is 6.10 Å². The van der Waals surface area contributed by atoms with Gasteiger partial charge in [-0.05, 0) is 37.6 Å². The summed E-state index contributed by atoms with van der Waals surface area (Å²) in [5.74, 6) is 0.790. The van der Waals surface area contributed by atoms with E-state index in [-0.39, 0.29) is 0 Å². The molecule has 0 amide bonds. The maximum absolute atomic E-state index is 9.52. The van der Waals surface area contributed by atoms with Gasteiger partial charge in [0.2, 0.25) is 0 Å². The lowest BCUT2D eigenvalue weighted by Gasteiger charge is -2.11. The summed E-state index contributed by atoms with van der Waals surface area (Å²) in [5, 5.41) is 12.7. The number of hydrogen-bond acceptors (Lipinski definition) is 3. The summed E-state index contributed by atoms with van der Waals surface area (Å²) in [6, 6.07) is 11.8. The zero-order valence-corrected chi connectivity index (χ0v) is 10.0. The van der Waals surface area contributed by atoms with Gasteiger partial charge in [0.1, 0.15) is 5.82 Å². The van der Waals surface area contributed by atoms with Crippen LogP contribution in [0.25, 0.3) is 0 Å². The largest absolute Gasteiger partial charge is 0.389 e. The van der Waals surface area contributed by atoms with Crippen LogP contribution in [-0.4, -0.2) is 10.1 Å². The van der Waals surface area contributed by atoms with Crippen molar-refractivity contribution in [3.05, 3.63) is 53.7 Å². The minimum Gasteiger partial charge on any atom is -0.389 e. The molecule has 3 heteroatoms. The molecule has 0 aliphatic heterocycles. The lowest BCUT2D eigenvalue weighted by atomic mass is 10.1. The molecule has 0 fully saturated rings. The van der Waals surface area contributed by atoms with E-state index >= 15 is 0 Å². The zero-order chi connectivity index (χ0) is 12.3. The van der Waals surface area contributed by atoms with Crippen LogP contribution in [0.15, 0.2) is 42.6 Å². The van der Waals surface area contributed by atoms with E-state index in [2.05, 4.69) is 10.3 Å². The Hall–Kier alpha value is -1.87. The number of aryl methyl sites for hydroxylation is 1. The maximum atomic E-state index is 9.52. The van der Waals surface area contributed by atoms with Gasteiger partial charge in [-0.25, -0.2) is 4.98 Å². The van der Waals surface area contributed by atoms with Crippen LogP contribution in [0.1, 0.15) is 24.2 Å². The second kappa shape index (κ2) is 4.97. The quantitative estimate of drug-likeness (QED) is 0.848. The first-order chi connectivity index (χ1) is 8.16. The molecule has 0 spiro atoms. The second-order valence-electron chi connectivity index (χ2n) is 4.09. The molecule has 1 heterocycles. The predicted octanol–water partition coefficient (Wildman–Crippen LogP) is 3.19. The van der Waals surface area contributed by atoms with Crippen LogP contribution in [0, 0.1) is 6.92 Å². The molecule has 0 radical (unpaired) electrons. The van der Waals surface area contributed by atoms with Crippen molar-refractivity contribution < 1.29 is 5.11 Å². The fourth-order valence-electron chi connectivity index (χ4n) is 1.74. The number of aliphatic hydroxyl groups is 1. The van der Waals surface area contributed by atoms with Crippen molar-refractivity contribution in [1.82, 2.24) is 4.98 Å². The highest BCUT2D eigenvalue weighted by Crippen LogP contribution is 2.20. The van der Waals surface area contributed by atoms with Crippen molar-refractivity contribution in [1.29, 1.82) is 0 Å². The molecule has 2 rings (SSSR count). The van der Waals surface area contributed by atoms with Crippen LogP contribution in [0.2, 0.25) is 0 Å². The molecule has 1 atom stereocenters. The number of pyridine rings is 1. The van der Waals surface area contributed by atoms with Crippen LogP contribution in [0.3, 0.4) is 0 Å². The molecule has 1 aromatic carbocycles. The Morgan fingerprint density at radius 1 is 1.24 bits per heavy atom. The number of hydrogen-bond donors (Lipinski definition) is 2. The van der Waals surface area contributed by atoms with E-state index in [1.807, 2.05) is 43.3 Å². The van der Waals surface area contributed by atoms with Crippen molar-refractivity contribution >= 4 is 11.5 Å². The molecule has 1 aromatic heterocycles. The Morgan fingerprint density at radius 2 is 1.94 bits per heavy atom.